The van der Waals surface area contributed by atoms with Crippen molar-refractivity contribution in [3.05, 3.63) is 69.4 Å². The molecule has 30 heavy (non-hydrogen) atoms. The van der Waals surface area contributed by atoms with Crippen molar-refractivity contribution in [1.29, 1.82) is 0 Å². The molecule has 9 nitrogen and oxygen atoms in total. The Morgan fingerprint density at radius 3 is 2.50 bits per heavy atom. The third kappa shape index (κ3) is 4.40. The van der Waals surface area contributed by atoms with Crippen LogP contribution >= 0.6 is 0 Å². The maximum atomic E-state index is 12.7. The first-order chi connectivity index (χ1) is 14.4. The predicted octanol–water partition coefficient (Wildman–Crippen LogP) is 0.947. The molecule has 0 fully saturated rings. The van der Waals surface area contributed by atoms with Crippen LogP contribution in [0.3, 0.4) is 0 Å². The van der Waals surface area contributed by atoms with Gasteiger partial charge in [0.25, 0.3) is 11.5 Å². The second kappa shape index (κ2) is 9.08. The van der Waals surface area contributed by atoms with Crippen molar-refractivity contribution < 1.29 is 14.3 Å². The molecule has 2 amide bonds. The van der Waals surface area contributed by atoms with Gasteiger partial charge in [-0.25, -0.2) is 4.79 Å². The maximum Gasteiger partial charge on any atom is 0.331 e. The Morgan fingerprint density at radius 1 is 1.00 bits per heavy atom. The van der Waals surface area contributed by atoms with Crippen molar-refractivity contribution in [3.63, 3.8) is 0 Å². The number of amides is 2. The number of carbonyl (C=O) groups excluding carboxylic acids is 2. The summed E-state index contributed by atoms with van der Waals surface area (Å²) >= 11 is 0. The average molecular weight is 410 g/mol. The number of hydrogen-bond acceptors (Lipinski definition) is 5. The molecule has 3 aromatic rings. The SMILES string of the molecule is CCn1c(=O)c2ccccc2n(CC(=O)Nc2cccc(OCC(=O)NC)c2)c1=O. The Bertz CT molecular complexity index is 1210. The van der Waals surface area contributed by atoms with Crippen LogP contribution in [0.25, 0.3) is 10.9 Å². The van der Waals surface area contributed by atoms with Crippen LogP contribution in [0.1, 0.15) is 6.92 Å². The van der Waals surface area contributed by atoms with Gasteiger partial charge >= 0.3 is 5.69 Å². The van der Waals surface area contributed by atoms with Gasteiger partial charge in [-0.2, -0.15) is 0 Å². The number of nitrogens with one attached hydrogen (secondary N) is 2. The summed E-state index contributed by atoms with van der Waals surface area (Å²) in [6.07, 6.45) is 0. The molecule has 0 radical (unpaired) electrons. The van der Waals surface area contributed by atoms with Crippen LogP contribution in [0.2, 0.25) is 0 Å². The number of likely N-dealkylation sites (N-methyl/N-ethyl adjacent to an activating group) is 1. The summed E-state index contributed by atoms with van der Waals surface area (Å²) in [4.78, 5) is 49.2. The zero-order valence-corrected chi connectivity index (χ0v) is 16.7. The molecule has 0 saturated heterocycles. The highest BCUT2D eigenvalue weighted by Crippen LogP contribution is 2.17. The number of aromatic nitrogens is 2. The minimum atomic E-state index is -0.543. The van der Waals surface area contributed by atoms with Gasteiger partial charge in [-0.05, 0) is 31.2 Å². The van der Waals surface area contributed by atoms with Crippen molar-refractivity contribution in [2.45, 2.75) is 20.0 Å². The number of hydrogen-bond donors (Lipinski definition) is 2. The highest BCUT2D eigenvalue weighted by Gasteiger charge is 2.14. The number of anilines is 1. The molecule has 156 valence electrons. The Morgan fingerprint density at radius 2 is 1.77 bits per heavy atom. The van der Waals surface area contributed by atoms with Crippen molar-refractivity contribution in [3.8, 4) is 5.75 Å². The van der Waals surface area contributed by atoms with Gasteiger partial charge in [-0.3, -0.25) is 23.5 Å². The zero-order valence-electron chi connectivity index (χ0n) is 16.7. The summed E-state index contributed by atoms with van der Waals surface area (Å²) in [7, 11) is 1.51. The van der Waals surface area contributed by atoms with Gasteiger partial charge in [0.15, 0.2) is 6.61 Å². The number of para-hydroxylation sites is 1. The first-order valence-electron chi connectivity index (χ1n) is 9.40. The molecular weight excluding hydrogens is 388 g/mol. The van der Waals surface area contributed by atoms with Crippen LogP contribution in [0.5, 0.6) is 5.75 Å². The normalized spacial score (nSPS) is 10.6. The lowest BCUT2D eigenvalue weighted by Gasteiger charge is -2.13. The van der Waals surface area contributed by atoms with E-state index in [2.05, 4.69) is 10.6 Å². The van der Waals surface area contributed by atoms with Crippen molar-refractivity contribution in [2.75, 3.05) is 19.0 Å². The minimum Gasteiger partial charge on any atom is -0.484 e. The molecule has 0 aliphatic carbocycles. The highest BCUT2D eigenvalue weighted by molar-refractivity contribution is 5.91. The molecule has 1 heterocycles. The molecule has 0 bridgehead atoms. The maximum absolute atomic E-state index is 12.7. The fourth-order valence-corrected chi connectivity index (χ4v) is 3.03. The molecule has 0 aliphatic heterocycles. The number of carbonyl (C=O) groups is 2. The second-order valence-corrected chi connectivity index (χ2v) is 6.47. The fraction of sp³-hybridized carbons (Fsp3) is 0.238. The molecule has 2 aromatic carbocycles. The number of nitrogens with zero attached hydrogens (tertiary/aromatic N) is 2. The summed E-state index contributed by atoms with van der Waals surface area (Å²) in [5, 5.41) is 5.53. The van der Waals surface area contributed by atoms with Gasteiger partial charge in [-0.15, -0.1) is 0 Å². The molecule has 0 saturated carbocycles. The van der Waals surface area contributed by atoms with Crippen molar-refractivity contribution >= 4 is 28.4 Å². The summed E-state index contributed by atoms with van der Waals surface area (Å²) in [5.74, 6) is -0.299. The van der Waals surface area contributed by atoms with E-state index >= 15 is 0 Å². The van der Waals surface area contributed by atoms with Crippen LogP contribution in [0.4, 0.5) is 5.69 Å². The summed E-state index contributed by atoms with van der Waals surface area (Å²) < 4.78 is 7.74. The standard InChI is InChI=1S/C21H22N4O5/c1-3-24-20(28)16-9-4-5-10-17(16)25(21(24)29)12-18(26)23-14-7-6-8-15(11-14)30-13-19(27)22-2/h4-11H,3,12-13H2,1-2H3,(H,22,27)(H,23,26). The number of benzene rings is 2. The van der Waals surface area contributed by atoms with Crippen LogP contribution in [0.15, 0.2) is 58.1 Å². The van der Waals surface area contributed by atoms with Crippen LogP contribution in [-0.2, 0) is 22.7 Å². The quantitative estimate of drug-likeness (QED) is 0.602. The summed E-state index contributed by atoms with van der Waals surface area (Å²) in [5.41, 5.74) is -0.0691. The first-order valence-corrected chi connectivity index (χ1v) is 9.40. The van der Waals surface area contributed by atoms with Gasteiger partial charge in [-0.1, -0.05) is 18.2 Å². The lowest BCUT2D eigenvalue weighted by molar-refractivity contribution is -0.122. The van der Waals surface area contributed by atoms with Crippen molar-refractivity contribution in [2.24, 2.45) is 0 Å². The van der Waals surface area contributed by atoms with E-state index in [9.17, 15) is 19.2 Å². The Labute approximate surface area is 171 Å². The topological polar surface area (TPSA) is 111 Å². The lowest BCUT2D eigenvalue weighted by Crippen LogP contribution is -2.41. The van der Waals surface area contributed by atoms with Crippen LogP contribution < -0.4 is 26.6 Å². The molecule has 2 N–H and O–H groups in total. The smallest absolute Gasteiger partial charge is 0.331 e. The van der Waals surface area contributed by atoms with Gasteiger partial charge in [0, 0.05) is 25.3 Å². The number of ether oxygens (including phenoxy) is 1. The lowest BCUT2D eigenvalue weighted by atomic mass is 10.2. The molecular formula is C21H22N4O5. The van der Waals surface area contributed by atoms with E-state index in [0.717, 1.165) is 4.57 Å². The average Bonchev–Trinajstić information content (AvgIpc) is 2.75. The van der Waals surface area contributed by atoms with Gasteiger partial charge in [0.05, 0.1) is 10.9 Å². The van der Waals surface area contributed by atoms with Crippen molar-refractivity contribution in [1.82, 2.24) is 14.5 Å². The van der Waals surface area contributed by atoms with Crippen LogP contribution in [0, 0.1) is 0 Å². The Balaban J connectivity index is 1.84. The summed E-state index contributed by atoms with van der Waals surface area (Å²) in [6, 6.07) is 13.3. The van der Waals surface area contributed by atoms with Gasteiger partial charge in [0.1, 0.15) is 12.3 Å². The van der Waals surface area contributed by atoms with E-state index in [4.69, 9.17) is 4.74 Å². The van der Waals surface area contributed by atoms with E-state index in [1.165, 1.54) is 11.6 Å². The molecule has 0 atom stereocenters. The molecule has 0 aliphatic rings. The summed E-state index contributed by atoms with van der Waals surface area (Å²) in [6.45, 7) is 1.50. The largest absolute Gasteiger partial charge is 0.484 e. The zero-order chi connectivity index (χ0) is 21.7. The van der Waals surface area contributed by atoms with Crippen LogP contribution in [-0.4, -0.2) is 34.6 Å². The monoisotopic (exact) mass is 410 g/mol. The third-order valence-corrected chi connectivity index (χ3v) is 4.52. The van der Waals surface area contributed by atoms with Gasteiger partial charge < -0.3 is 15.4 Å². The predicted molar refractivity (Wildman–Crippen MR) is 113 cm³/mol. The van der Waals surface area contributed by atoms with E-state index in [1.807, 2.05) is 0 Å². The molecule has 3 rings (SSSR count). The minimum absolute atomic E-state index is 0.145. The van der Waals surface area contributed by atoms with E-state index in [0.29, 0.717) is 22.3 Å². The number of fused-ring (bicyclic) bond motifs is 1. The number of rotatable bonds is 7. The first kappa shape index (κ1) is 20.8. The fourth-order valence-electron chi connectivity index (χ4n) is 3.03. The van der Waals surface area contributed by atoms with Gasteiger partial charge in [0.2, 0.25) is 5.91 Å². The Kier molecular flexibility index (Phi) is 6.31. The van der Waals surface area contributed by atoms with E-state index < -0.39 is 11.6 Å². The van der Waals surface area contributed by atoms with E-state index in [-0.39, 0.29) is 31.2 Å². The second-order valence-electron chi connectivity index (χ2n) is 6.47. The molecule has 1 aromatic heterocycles. The highest BCUT2D eigenvalue weighted by atomic mass is 16.5. The molecule has 0 unspecified atom stereocenters. The molecule has 0 spiro atoms. The van der Waals surface area contributed by atoms with E-state index in [1.54, 1.807) is 55.5 Å². The Hall–Kier alpha value is -3.88. The molecule has 9 heteroatoms. The third-order valence-electron chi connectivity index (χ3n) is 4.52.